The Kier molecular flexibility index (Phi) is 5.84. The Morgan fingerprint density at radius 1 is 1.29 bits per heavy atom. The van der Waals surface area contributed by atoms with Crippen LogP contribution in [0.25, 0.3) is 17.0 Å². The summed E-state index contributed by atoms with van der Waals surface area (Å²) in [5.74, 6) is 1.22. The number of ether oxygens (including phenoxy) is 1. The molecule has 2 aromatic carbocycles. The molecule has 1 aromatic heterocycles. The topological polar surface area (TPSA) is 83.7 Å². The van der Waals surface area contributed by atoms with Gasteiger partial charge in [0.25, 0.3) is 5.89 Å². The molecule has 0 spiro atoms. The van der Waals surface area contributed by atoms with Gasteiger partial charge in [-0.3, -0.25) is 0 Å². The summed E-state index contributed by atoms with van der Waals surface area (Å²) in [6, 6.07) is 12.1. The van der Waals surface area contributed by atoms with Gasteiger partial charge in [0.1, 0.15) is 0 Å². The highest BCUT2D eigenvalue weighted by Gasteiger charge is 2.34. The van der Waals surface area contributed by atoms with Crippen LogP contribution in [0.4, 0.5) is 0 Å². The Hall–Kier alpha value is -3.10. The minimum Gasteiger partial charge on any atom is -0.504 e. The highest BCUT2D eigenvalue weighted by atomic mass is 35.5. The number of rotatable bonds is 5. The predicted octanol–water partition coefficient (Wildman–Crippen LogP) is 4.79. The summed E-state index contributed by atoms with van der Waals surface area (Å²) in [7, 11) is 1.51. The molecule has 0 radical (unpaired) electrons. The molecule has 31 heavy (non-hydrogen) atoms. The highest BCUT2D eigenvalue weighted by molar-refractivity contribution is 7.80. The van der Waals surface area contributed by atoms with Crippen molar-refractivity contribution in [3.05, 3.63) is 64.6 Å². The summed E-state index contributed by atoms with van der Waals surface area (Å²) >= 11 is 11.7. The Balaban J connectivity index is 1.82. The minimum atomic E-state index is -0.389. The van der Waals surface area contributed by atoms with Gasteiger partial charge in [0, 0.05) is 22.8 Å². The van der Waals surface area contributed by atoms with Crippen LogP contribution in [0.2, 0.25) is 5.02 Å². The number of nitrogens with one attached hydrogen (secondary N) is 1. The quantitative estimate of drug-likeness (QED) is 0.530. The van der Waals surface area contributed by atoms with Gasteiger partial charge in [0.15, 0.2) is 16.6 Å². The summed E-state index contributed by atoms with van der Waals surface area (Å²) < 4.78 is 10.8. The summed E-state index contributed by atoms with van der Waals surface area (Å²) in [6.45, 7) is 4.66. The lowest BCUT2D eigenvalue weighted by Crippen LogP contribution is -2.45. The maximum atomic E-state index is 10.3. The molecule has 9 heteroatoms. The molecule has 1 atom stereocenters. The van der Waals surface area contributed by atoms with Crippen LogP contribution in [0.3, 0.4) is 0 Å². The zero-order valence-electron chi connectivity index (χ0n) is 17.2. The van der Waals surface area contributed by atoms with E-state index < -0.39 is 0 Å². The Bertz CT molecular complexity index is 1180. The van der Waals surface area contributed by atoms with Crippen molar-refractivity contribution < 1.29 is 14.4 Å². The second-order valence-corrected chi connectivity index (χ2v) is 7.81. The summed E-state index contributed by atoms with van der Waals surface area (Å²) in [5, 5.41) is 19.0. The number of benzene rings is 2. The molecule has 1 aliphatic heterocycles. The van der Waals surface area contributed by atoms with Crippen molar-refractivity contribution in [1.82, 2.24) is 20.4 Å². The molecule has 0 saturated carbocycles. The van der Waals surface area contributed by atoms with Gasteiger partial charge >= 0.3 is 0 Å². The lowest BCUT2D eigenvalue weighted by Gasteiger charge is -2.36. The molecule has 0 saturated heterocycles. The van der Waals surface area contributed by atoms with E-state index in [-0.39, 0.29) is 11.8 Å². The van der Waals surface area contributed by atoms with E-state index in [0.29, 0.717) is 34.1 Å². The smallest absolute Gasteiger partial charge is 0.258 e. The first kappa shape index (κ1) is 21.1. The summed E-state index contributed by atoms with van der Waals surface area (Å²) in [5.41, 5.74) is 3.22. The van der Waals surface area contributed by atoms with Gasteiger partial charge in [-0.2, -0.15) is 4.98 Å². The van der Waals surface area contributed by atoms with Gasteiger partial charge in [-0.15, -0.1) is 0 Å². The molecule has 3 aromatic rings. The fourth-order valence-corrected chi connectivity index (χ4v) is 4.23. The molecular formula is C22H21ClN4O3S. The maximum Gasteiger partial charge on any atom is 0.258 e. The molecule has 4 rings (SSSR count). The first-order valence-corrected chi connectivity index (χ1v) is 10.5. The molecule has 1 unspecified atom stereocenters. The number of aromatic nitrogens is 2. The fourth-order valence-electron chi connectivity index (χ4n) is 3.65. The van der Waals surface area contributed by atoms with Crippen LogP contribution in [0, 0.1) is 0 Å². The molecular weight excluding hydrogens is 436 g/mol. The van der Waals surface area contributed by atoms with E-state index >= 15 is 0 Å². The lowest BCUT2D eigenvalue weighted by molar-refractivity contribution is 0.372. The largest absolute Gasteiger partial charge is 0.504 e. The van der Waals surface area contributed by atoms with Crippen LogP contribution in [-0.2, 0) is 0 Å². The zero-order chi connectivity index (χ0) is 22.1. The van der Waals surface area contributed by atoms with Crippen molar-refractivity contribution in [1.29, 1.82) is 0 Å². The Morgan fingerprint density at radius 2 is 2.10 bits per heavy atom. The number of phenolic OH excluding ortho intramolecular Hbond substituents is 1. The summed E-state index contributed by atoms with van der Waals surface area (Å²) in [4.78, 5) is 6.60. The normalized spacial score (nSPS) is 16.5. The van der Waals surface area contributed by atoms with Gasteiger partial charge in [-0.25, -0.2) is 0 Å². The number of nitrogens with zero attached hydrogens (tertiary/aromatic N) is 3. The molecule has 2 N–H and O–H groups in total. The average molecular weight is 457 g/mol. The number of allylic oxidation sites excluding steroid dienone is 1. The minimum absolute atomic E-state index is 0.0350. The van der Waals surface area contributed by atoms with Crippen molar-refractivity contribution in [3.8, 4) is 22.9 Å². The summed E-state index contributed by atoms with van der Waals surface area (Å²) in [6.07, 6.45) is 0. The highest BCUT2D eigenvalue weighted by Crippen LogP contribution is 2.39. The van der Waals surface area contributed by atoms with Crippen molar-refractivity contribution in [2.24, 2.45) is 0 Å². The van der Waals surface area contributed by atoms with Crippen LogP contribution in [0.15, 0.2) is 52.7 Å². The molecule has 7 nitrogen and oxygen atoms in total. The van der Waals surface area contributed by atoms with Gasteiger partial charge in [0.2, 0.25) is 5.82 Å². The SMILES string of the molecule is CCN1C(=S)NC(c2ccc(OC)c(O)c2)C(c2nc(-c3cccc(Cl)c3)no2)=C1C. The molecule has 1 aliphatic rings. The number of methoxy groups -OCH3 is 1. The van der Waals surface area contributed by atoms with E-state index in [1.165, 1.54) is 7.11 Å². The van der Waals surface area contributed by atoms with Gasteiger partial charge in [-0.1, -0.05) is 35.0 Å². The third-order valence-corrected chi connectivity index (χ3v) is 5.76. The van der Waals surface area contributed by atoms with E-state index in [0.717, 1.165) is 22.4 Å². The van der Waals surface area contributed by atoms with Crippen LogP contribution >= 0.6 is 23.8 Å². The molecule has 2 heterocycles. The van der Waals surface area contributed by atoms with E-state index in [1.54, 1.807) is 24.3 Å². The second kappa shape index (κ2) is 8.56. The molecule has 0 amide bonds. The first-order valence-electron chi connectivity index (χ1n) is 9.68. The average Bonchev–Trinajstić information content (AvgIpc) is 3.23. The predicted molar refractivity (Wildman–Crippen MR) is 123 cm³/mol. The van der Waals surface area contributed by atoms with Crippen LogP contribution < -0.4 is 10.1 Å². The van der Waals surface area contributed by atoms with Crippen LogP contribution in [0.5, 0.6) is 11.5 Å². The second-order valence-electron chi connectivity index (χ2n) is 6.99. The molecule has 0 aliphatic carbocycles. The molecule has 160 valence electrons. The van der Waals surface area contributed by atoms with Crippen LogP contribution in [-0.4, -0.2) is 38.9 Å². The number of hydrogen-bond donors (Lipinski definition) is 2. The van der Waals surface area contributed by atoms with E-state index in [9.17, 15) is 5.11 Å². The number of aromatic hydroxyl groups is 1. The van der Waals surface area contributed by atoms with Crippen LogP contribution in [0.1, 0.15) is 31.3 Å². The monoisotopic (exact) mass is 456 g/mol. The first-order chi connectivity index (χ1) is 14.9. The Labute approximate surface area is 190 Å². The van der Waals surface area contributed by atoms with Crippen molar-refractivity contribution >= 4 is 34.5 Å². The number of hydrogen-bond acceptors (Lipinski definition) is 6. The van der Waals surface area contributed by atoms with Gasteiger partial charge in [-0.05, 0) is 55.9 Å². The zero-order valence-corrected chi connectivity index (χ0v) is 18.8. The fraction of sp³-hybridized carbons (Fsp3) is 0.227. The van der Waals surface area contributed by atoms with E-state index in [4.69, 9.17) is 33.1 Å². The van der Waals surface area contributed by atoms with Crippen molar-refractivity contribution in [3.63, 3.8) is 0 Å². The Morgan fingerprint density at radius 3 is 2.77 bits per heavy atom. The van der Waals surface area contributed by atoms with Crippen molar-refractivity contribution in [2.45, 2.75) is 19.9 Å². The molecule has 0 bridgehead atoms. The number of phenols is 1. The number of thiocarbonyl (C=S) groups is 1. The third-order valence-electron chi connectivity index (χ3n) is 5.19. The standard InChI is InChI=1S/C22H21ClN4O3S/c1-4-27-12(2)18(21-25-20(26-30-21)14-6-5-7-15(23)10-14)19(24-22(27)31)13-8-9-17(29-3)16(28)11-13/h5-11,19,28H,4H2,1-3H3,(H,24,31). The van der Waals surface area contributed by atoms with E-state index in [2.05, 4.69) is 15.5 Å². The maximum absolute atomic E-state index is 10.3. The number of halogens is 1. The van der Waals surface area contributed by atoms with E-state index in [1.807, 2.05) is 36.9 Å². The van der Waals surface area contributed by atoms with Gasteiger partial charge in [0.05, 0.1) is 18.7 Å². The molecule has 0 fully saturated rings. The van der Waals surface area contributed by atoms with Crippen molar-refractivity contribution in [2.75, 3.05) is 13.7 Å². The lowest BCUT2D eigenvalue weighted by atomic mass is 9.94. The van der Waals surface area contributed by atoms with Gasteiger partial charge < -0.3 is 24.6 Å². The third kappa shape index (κ3) is 3.96.